The number of ether oxygens (including phenoxy) is 1. The summed E-state index contributed by atoms with van der Waals surface area (Å²) in [6.45, 7) is 7.15. The highest BCUT2D eigenvalue weighted by Crippen LogP contribution is 2.20. The predicted molar refractivity (Wildman–Crippen MR) is 78.3 cm³/mol. The third kappa shape index (κ3) is 5.01. The number of hydrogen-bond donors (Lipinski definition) is 1. The lowest BCUT2D eigenvalue weighted by Crippen LogP contribution is -2.36. The zero-order valence-corrected chi connectivity index (χ0v) is 12.1. The Morgan fingerprint density at radius 3 is 2.63 bits per heavy atom. The Morgan fingerprint density at radius 2 is 2.05 bits per heavy atom. The summed E-state index contributed by atoms with van der Waals surface area (Å²) in [5, 5.41) is 0. The number of benzene rings is 1. The van der Waals surface area contributed by atoms with E-state index >= 15 is 0 Å². The van der Waals surface area contributed by atoms with Gasteiger partial charge in [0.25, 0.3) is 5.91 Å². The van der Waals surface area contributed by atoms with Crippen molar-refractivity contribution in [3.63, 3.8) is 0 Å². The summed E-state index contributed by atoms with van der Waals surface area (Å²) in [6, 6.07) is 7.86. The average molecular weight is 264 g/mol. The van der Waals surface area contributed by atoms with Crippen molar-refractivity contribution in [3.05, 3.63) is 29.8 Å². The van der Waals surface area contributed by atoms with Crippen LogP contribution < -0.4 is 10.6 Å². The van der Waals surface area contributed by atoms with Crippen molar-refractivity contribution in [2.24, 2.45) is 5.73 Å². The fourth-order valence-electron chi connectivity index (χ4n) is 1.81. The number of nitrogens with two attached hydrogens (primary N) is 1. The molecule has 4 heteroatoms. The molecule has 0 fully saturated rings. The molecule has 0 atom stereocenters. The van der Waals surface area contributed by atoms with Crippen LogP contribution in [0.1, 0.15) is 25.8 Å². The smallest absolute Gasteiger partial charge is 0.252 e. The first-order valence-corrected chi connectivity index (χ1v) is 6.74. The average Bonchev–Trinajstić information content (AvgIpc) is 2.38. The number of carbonyl (C=O) groups excluding carboxylic acids is 1. The summed E-state index contributed by atoms with van der Waals surface area (Å²) in [6.07, 6.45) is 0.832. The SMILES string of the molecule is Cc1ccccc1N(CCCN)C(=O)COC(C)C. The molecule has 0 saturated carbocycles. The molecule has 0 radical (unpaired) electrons. The Hall–Kier alpha value is -1.39. The van der Waals surface area contributed by atoms with E-state index in [9.17, 15) is 4.79 Å². The van der Waals surface area contributed by atoms with Gasteiger partial charge in [-0.2, -0.15) is 0 Å². The Labute approximate surface area is 115 Å². The van der Waals surface area contributed by atoms with Gasteiger partial charge >= 0.3 is 0 Å². The zero-order chi connectivity index (χ0) is 14.3. The maximum Gasteiger partial charge on any atom is 0.252 e. The molecule has 0 aliphatic carbocycles. The quantitative estimate of drug-likeness (QED) is 0.820. The fraction of sp³-hybridized carbons (Fsp3) is 0.533. The third-order valence-electron chi connectivity index (χ3n) is 2.83. The van der Waals surface area contributed by atoms with Gasteiger partial charge in [-0.15, -0.1) is 0 Å². The molecule has 0 aliphatic heterocycles. The first kappa shape index (κ1) is 15.7. The molecule has 0 spiro atoms. The first-order chi connectivity index (χ1) is 9.06. The predicted octanol–water partition coefficient (Wildman–Crippen LogP) is 2.10. The largest absolute Gasteiger partial charge is 0.369 e. The maximum absolute atomic E-state index is 12.3. The van der Waals surface area contributed by atoms with E-state index in [1.165, 1.54) is 0 Å². The number of rotatable bonds is 7. The molecule has 19 heavy (non-hydrogen) atoms. The van der Waals surface area contributed by atoms with Crippen molar-refractivity contribution in [1.29, 1.82) is 0 Å². The van der Waals surface area contributed by atoms with Gasteiger partial charge in [0, 0.05) is 12.2 Å². The highest BCUT2D eigenvalue weighted by atomic mass is 16.5. The van der Waals surface area contributed by atoms with Crippen LogP contribution in [0.4, 0.5) is 5.69 Å². The van der Waals surface area contributed by atoms with Crippen LogP contribution in [0, 0.1) is 6.92 Å². The zero-order valence-electron chi connectivity index (χ0n) is 12.1. The lowest BCUT2D eigenvalue weighted by atomic mass is 10.1. The van der Waals surface area contributed by atoms with Crippen LogP contribution in [0.3, 0.4) is 0 Å². The van der Waals surface area contributed by atoms with Gasteiger partial charge in [0.1, 0.15) is 6.61 Å². The summed E-state index contributed by atoms with van der Waals surface area (Å²) >= 11 is 0. The molecule has 1 rings (SSSR count). The normalized spacial score (nSPS) is 10.8. The van der Waals surface area contributed by atoms with Crippen molar-refractivity contribution in [3.8, 4) is 0 Å². The van der Waals surface area contributed by atoms with Gasteiger partial charge in [-0.3, -0.25) is 4.79 Å². The maximum atomic E-state index is 12.3. The van der Waals surface area contributed by atoms with Gasteiger partial charge < -0.3 is 15.4 Å². The fourth-order valence-corrected chi connectivity index (χ4v) is 1.81. The van der Waals surface area contributed by atoms with Gasteiger partial charge in [-0.1, -0.05) is 18.2 Å². The molecule has 2 N–H and O–H groups in total. The molecule has 4 nitrogen and oxygen atoms in total. The number of hydrogen-bond acceptors (Lipinski definition) is 3. The van der Waals surface area contributed by atoms with Crippen molar-refractivity contribution >= 4 is 11.6 Å². The lowest BCUT2D eigenvalue weighted by molar-refractivity contribution is -0.124. The molecular weight excluding hydrogens is 240 g/mol. The summed E-state index contributed by atoms with van der Waals surface area (Å²) in [7, 11) is 0. The molecule has 1 aromatic carbocycles. The second-order valence-electron chi connectivity index (χ2n) is 4.83. The van der Waals surface area contributed by atoms with E-state index in [1.807, 2.05) is 45.0 Å². The Kier molecular flexibility index (Phi) is 6.53. The minimum Gasteiger partial charge on any atom is -0.369 e. The van der Waals surface area contributed by atoms with Crippen molar-refractivity contribution in [1.82, 2.24) is 0 Å². The molecule has 106 valence electrons. The summed E-state index contributed by atoms with van der Waals surface area (Å²) in [5.41, 5.74) is 7.57. The molecule has 1 amide bonds. The highest BCUT2D eigenvalue weighted by molar-refractivity contribution is 5.95. The number of aryl methyl sites for hydroxylation is 1. The standard InChI is InChI=1S/C15H24N2O2/c1-12(2)19-11-15(18)17(10-6-9-16)14-8-5-4-7-13(14)3/h4-5,7-8,12H,6,9-11,16H2,1-3H3. The van der Waals surface area contributed by atoms with Crippen LogP contribution in [0.25, 0.3) is 0 Å². The van der Waals surface area contributed by atoms with Crippen LogP contribution in [0.15, 0.2) is 24.3 Å². The Bertz CT molecular complexity index is 405. The molecule has 0 aliphatic rings. The molecule has 0 bridgehead atoms. The van der Waals surface area contributed by atoms with Crippen LogP contribution in [-0.2, 0) is 9.53 Å². The van der Waals surface area contributed by atoms with E-state index in [2.05, 4.69) is 0 Å². The monoisotopic (exact) mass is 264 g/mol. The van der Waals surface area contributed by atoms with Gasteiger partial charge in [0.15, 0.2) is 0 Å². The van der Waals surface area contributed by atoms with Crippen molar-refractivity contribution in [2.45, 2.75) is 33.3 Å². The van der Waals surface area contributed by atoms with Gasteiger partial charge in [-0.25, -0.2) is 0 Å². The van der Waals surface area contributed by atoms with E-state index < -0.39 is 0 Å². The van der Waals surface area contributed by atoms with Crippen LogP contribution in [0.5, 0.6) is 0 Å². The second-order valence-corrected chi connectivity index (χ2v) is 4.83. The highest BCUT2D eigenvalue weighted by Gasteiger charge is 2.17. The van der Waals surface area contributed by atoms with Crippen LogP contribution >= 0.6 is 0 Å². The van der Waals surface area contributed by atoms with E-state index in [4.69, 9.17) is 10.5 Å². The molecule has 1 aromatic rings. The van der Waals surface area contributed by atoms with Gasteiger partial charge in [0.05, 0.1) is 6.10 Å². The van der Waals surface area contributed by atoms with Gasteiger partial charge in [0.2, 0.25) is 0 Å². The van der Waals surface area contributed by atoms with E-state index in [-0.39, 0.29) is 18.6 Å². The second kappa shape index (κ2) is 7.92. The lowest BCUT2D eigenvalue weighted by Gasteiger charge is -2.24. The van der Waals surface area contributed by atoms with E-state index in [1.54, 1.807) is 4.90 Å². The summed E-state index contributed by atoms with van der Waals surface area (Å²) in [5.74, 6) is -0.0172. The number of para-hydroxylation sites is 1. The minimum atomic E-state index is -0.0172. The summed E-state index contributed by atoms with van der Waals surface area (Å²) < 4.78 is 5.40. The number of carbonyl (C=O) groups is 1. The van der Waals surface area contributed by atoms with Gasteiger partial charge in [-0.05, 0) is 45.4 Å². The number of nitrogens with zero attached hydrogens (tertiary/aromatic N) is 1. The first-order valence-electron chi connectivity index (χ1n) is 6.74. The topological polar surface area (TPSA) is 55.6 Å². The minimum absolute atomic E-state index is 0.0172. The third-order valence-corrected chi connectivity index (χ3v) is 2.83. The van der Waals surface area contributed by atoms with Crippen molar-refractivity contribution < 1.29 is 9.53 Å². The molecule has 0 unspecified atom stereocenters. The Balaban J connectivity index is 2.82. The van der Waals surface area contributed by atoms with Crippen LogP contribution in [0.2, 0.25) is 0 Å². The van der Waals surface area contributed by atoms with E-state index in [0.29, 0.717) is 13.1 Å². The number of amides is 1. The Morgan fingerprint density at radius 1 is 1.37 bits per heavy atom. The molecule has 0 saturated heterocycles. The molecular formula is C15H24N2O2. The molecule has 0 heterocycles. The van der Waals surface area contributed by atoms with Crippen LogP contribution in [-0.4, -0.2) is 31.7 Å². The van der Waals surface area contributed by atoms with E-state index in [0.717, 1.165) is 17.7 Å². The van der Waals surface area contributed by atoms with Crippen molar-refractivity contribution in [2.75, 3.05) is 24.6 Å². The summed E-state index contributed by atoms with van der Waals surface area (Å²) in [4.78, 5) is 14.0. The number of anilines is 1. The molecule has 0 aromatic heterocycles.